The van der Waals surface area contributed by atoms with E-state index in [1.165, 1.54) is 0 Å². The highest BCUT2D eigenvalue weighted by Gasteiger charge is 2.66. The summed E-state index contributed by atoms with van der Waals surface area (Å²) in [6, 6.07) is 1.35. The van der Waals surface area contributed by atoms with E-state index < -0.39 is 23.5 Å². The Bertz CT molecular complexity index is 847. The van der Waals surface area contributed by atoms with E-state index in [1.807, 2.05) is 14.1 Å². The third-order valence-electron chi connectivity index (χ3n) is 7.71. The second kappa shape index (κ2) is 8.04. The standard InChI is InChI=1S/C22H29F6N3S/c1-19(2)16-6-7-20(19,3)17(15(16)11-31(4)5)30-18(32)29-14-9-12(21(23,24)25)8-13(10-14)22(26,27)28/h8-10,15-17H,6-7,11H2,1-5H3,(H2,29,30,32). The summed E-state index contributed by atoms with van der Waals surface area (Å²) in [6.07, 6.45) is -7.75. The highest BCUT2D eigenvalue weighted by atomic mass is 32.1. The molecule has 4 atom stereocenters. The zero-order valence-corrected chi connectivity index (χ0v) is 19.5. The molecule has 2 saturated carbocycles. The van der Waals surface area contributed by atoms with E-state index in [-0.39, 0.29) is 39.7 Å². The van der Waals surface area contributed by atoms with Gasteiger partial charge in [-0.15, -0.1) is 0 Å². The quantitative estimate of drug-likeness (QED) is 0.407. The monoisotopic (exact) mass is 481 g/mol. The van der Waals surface area contributed by atoms with Crippen molar-refractivity contribution >= 4 is 23.0 Å². The Hall–Kier alpha value is -1.55. The minimum Gasteiger partial charge on any atom is -0.359 e. The molecule has 0 radical (unpaired) electrons. The molecule has 180 valence electrons. The van der Waals surface area contributed by atoms with Crippen molar-refractivity contribution in [3.63, 3.8) is 0 Å². The largest absolute Gasteiger partial charge is 0.416 e. The van der Waals surface area contributed by atoms with Crippen molar-refractivity contribution in [3.05, 3.63) is 29.3 Å². The first-order chi connectivity index (χ1) is 14.5. The fraction of sp³-hybridized carbons (Fsp3) is 0.682. The van der Waals surface area contributed by atoms with E-state index in [4.69, 9.17) is 12.2 Å². The number of thiocarbonyl (C=S) groups is 1. The van der Waals surface area contributed by atoms with Crippen molar-refractivity contribution in [2.75, 3.05) is 26.0 Å². The van der Waals surface area contributed by atoms with Crippen LogP contribution in [-0.2, 0) is 12.4 Å². The Morgan fingerprint density at radius 3 is 2.03 bits per heavy atom. The maximum absolute atomic E-state index is 13.2. The smallest absolute Gasteiger partial charge is 0.359 e. The van der Waals surface area contributed by atoms with Gasteiger partial charge in [0.15, 0.2) is 5.11 Å². The Balaban J connectivity index is 1.86. The fourth-order valence-corrected chi connectivity index (χ4v) is 6.07. The molecular formula is C22H29F6N3S. The summed E-state index contributed by atoms with van der Waals surface area (Å²) in [6.45, 7) is 7.46. The first-order valence-corrected chi connectivity index (χ1v) is 10.9. The number of benzene rings is 1. The summed E-state index contributed by atoms with van der Waals surface area (Å²) in [7, 11) is 3.96. The molecule has 10 heteroatoms. The summed E-state index contributed by atoms with van der Waals surface area (Å²) in [5.41, 5.74) is -3.18. The lowest BCUT2D eigenvalue weighted by Crippen LogP contribution is -2.52. The number of halogens is 6. The first-order valence-electron chi connectivity index (χ1n) is 10.5. The average Bonchev–Trinajstić information content (AvgIpc) is 2.93. The van der Waals surface area contributed by atoms with Gasteiger partial charge in [-0.05, 0) is 80.0 Å². The third-order valence-corrected chi connectivity index (χ3v) is 7.93. The van der Waals surface area contributed by atoms with Gasteiger partial charge in [-0.25, -0.2) is 0 Å². The number of hydrogen-bond acceptors (Lipinski definition) is 2. The Morgan fingerprint density at radius 2 is 1.56 bits per heavy atom. The lowest BCUT2D eigenvalue weighted by atomic mass is 9.69. The molecule has 1 aromatic rings. The van der Waals surface area contributed by atoms with Gasteiger partial charge in [0, 0.05) is 18.3 Å². The van der Waals surface area contributed by atoms with Crippen molar-refractivity contribution in [1.29, 1.82) is 0 Å². The van der Waals surface area contributed by atoms with Crippen molar-refractivity contribution < 1.29 is 26.3 Å². The molecular weight excluding hydrogens is 452 g/mol. The molecule has 2 N–H and O–H groups in total. The highest BCUT2D eigenvalue weighted by Crippen LogP contribution is 2.67. The van der Waals surface area contributed by atoms with Gasteiger partial charge >= 0.3 is 12.4 Å². The van der Waals surface area contributed by atoms with Crippen molar-refractivity contribution in [3.8, 4) is 0 Å². The highest BCUT2D eigenvalue weighted by molar-refractivity contribution is 7.80. The molecule has 2 fully saturated rings. The number of nitrogens with one attached hydrogen (secondary N) is 2. The summed E-state index contributed by atoms with van der Waals surface area (Å²) in [4.78, 5) is 2.10. The van der Waals surface area contributed by atoms with Gasteiger partial charge in [-0.2, -0.15) is 26.3 Å². The molecule has 4 unspecified atom stereocenters. The predicted molar refractivity (Wildman–Crippen MR) is 116 cm³/mol. The molecule has 0 spiro atoms. The van der Waals surface area contributed by atoms with E-state index in [2.05, 4.69) is 36.3 Å². The molecule has 2 aliphatic rings. The Labute approximate surface area is 189 Å². The zero-order valence-electron chi connectivity index (χ0n) is 18.7. The van der Waals surface area contributed by atoms with Crippen LogP contribution in [0.25, 0.3) is 0 Å². The fourth-order valence-electron chi connectivity index (χ4n) is 5.83. The molecule has 0 saturated heterocycles. The molecule has 0 aliphatic heterocycles. The van der Waals surface area contributed by atoms with Crippen molar-refractivity contribution in [1.82, 2.24) is 10.2 Å². The summed E-state index contributed by atoms with van der Waals surface area (Å²) in [5, 5.41) is 5.86. The van der Waals surface area contributed by atoms with Crippen LogP contribution in [0.3, 0.4) is 0 Å². The zero-order chi connectivity index (χ0) is 24.3. The topological polar surface area (TPSA) is 27.3 Å². The van der Waals surface area contributed by atoms with Crippen LogP contribution in [-0.4, -0.2) is 36.7 Å². The number of anilines is 1. The minimum atomic E-state index is -4.91. The second-order valence-electron chi connectivity index (χ2n) is 10.1. The van der Waals surface area contributed by atoms with Gasteiger partial charge in [0.25, 0.3) is 0 Å². The average molecular weight is 482 g/mol. The van der Waals surface area contributed by atoms with E-state index >= 15 is 0 Å². The lowest BCUT2D eigenvalue weighted by molar-refractivity contribution is -0.143. The first kappa shape index (κ1) is 25.1. The number of rotatable bonds is 4. The van der Waals surface area contributed by atoms with Crippen molar-refractivity contribution in [2.24, 2.45) is 22.7 Å². The van der Waals surface area contributed by atoms with Gasteiger partial charge < -0.3 is 15.5 Å². The van der Waals surface area contributed by atoms with Gasteiger partial charge in [0.05, 0.1) is 11.1 Å². The van der Waals surface area contributed by atoms with Crippen LogP contribution in [0.1, 0.15) is 44.7 Å². The van der Waals surface area contributed by atoms with Crippen LogP contribution in [0.5, 0.6) is 0 Å². The van der Waals surface area contributed by atoms with Gasteiger partial charge in [-0.3, -0.25) is 0 Å². The van der Waals surface area contributed by atoms with Gasteiger partial charge in [0.2, 0.25) is 0 Å². The number of nitrogens with zero attached hydrogens (tertiary/aromatic N) is 1. The number of alkyl halides is 6. The van der Waals surface area contributed by atoms with Crippen LogP contribution >= 0.6 is 12.2 Å². The van der Waals surface area contributed by atoms with Gasteiger partial charge in [-0.1, -0.05) is 20.8 Å². The van der Waals surface area contributed by atoms with Crippen LogP contribution < -0.4 is 10.6 Å². The Kier molecular flexibility index (Phi) is 6.30. The third kappa shape index (κ3) is 4.44. The Morgan fingerprint density at radius 1 is 1.03 bits per heavy atom. The van der Waals surface area contributed by atoms with Crippen LogP contribution in [0, 0.1) is 22.7 Å². The summed E-state index contributed by atoms with van der Waals surface area (Å²) < 4.78 is 79.0. The molecule has 3 nitrogen and oxygen atoms in total. The lowest BCUT2D eigenvalue weighted by Gasteiger charge is -2.41. The molecule has 2 bridgehead atoms. The van der Waals surface area contributed by atoms with Crippen LogP contribution in [0.15, 0.2) is 18.2 Å². The van der Waals surface area contributed by atoms with E-state index in [0.717, 1.165) is 19.4 Å². The molecule has 2 aliphatic carbocycles. The van der Waals surface area contributed by atoms with Crippen molar-refractivity contribution in [2.45, 2.75) is 52.0 Å². The maximum atomic E-state index is 13.2. The van der Waals surface area contributed by atoms with Crippen LogP contribution in [0.4, 0.5) is 32.0 Å². The number of hydrogen-bond donors (Lipinski definition) is 2. The molecule has 0 aromatic heterocycles. The maximum Gasteiger partial charge on any atom is 0.416 e. The minimum absolute atomic E-state index is 0.0239. The summed E-state index contributed by atoms with van der Waals surface area (Å²) in [5.74, 6) is 0.700. The normalized spacial score (nSPS) is 29.4. The SMILES string of the molecule is CN(C)CC1C2CCC(C)(C1NC(=S)Nc1cc(C(F)(F)F)cc(C(F)(F)F)c1)C2(C)C. The predicted octanol–water partition coefficient (Wildman–Crippen LogP) is 6.01. The molecule has 0 amide bonds. The second-order valence-corrected chi connectivity index (χ2v) is 10.5. The molecule has 0 heterocycles. The molecule has 1 aromatic carbocycles. The molecule has 3 rings (SSSR count). The molecule has 32 heavy (non-hydrogen) atoms. The van der Waals surface area contributed by atoms with Crippen LogP contribution in [0.2, 0.25) is 0 Å². The number of fused-ring (bicyclic) bond motifs is 2. The van der Waals surface area contributed by atoms with Gasteiger partial charge in [0.1, 0.15) is 0 Å². The van der Waals surface area contributed by atoms with E-state index in [0.29, 0.717) is 18.1 Å². The van der Waals surface area contributed by atoms with E-state index in [9.17, 15) is 26.3 Å². The summed E-state index contributed by atoms with van der Waals surface area (Å²) >= 11 is 5.35. The van der Waals surface area contributed by atoms with E-state index in [1.54, 1.807) is 0 Å².